The maximum atomic E-state index is 9.25. The first-order chi connectivity index (χ1) is 7.36. The molecule has 0 aromatic heterocycles. The molecule has 0 bridgehead atoms. The predicted molar refractivity (Wildman–Crippen MR) is 58.4 cm³/mol. The SMILES string of the molecule is OCC(CO)C(c1ccccc1)N1CC1. The number of benzene rings is 1. The highest BCUT2D eigenvalue weighted by Gasteiger charge is 2.34. The molecule has 1 saturated heterocycles. The fourth-order valence-electron chi connectivity index (χ4n) is 2.02. The van der Waals surface area contributed by atoms with Crippen LogP contribution >= 0.6 is 0 Å². The summed E-state index contributed by atoms with van der Waals surface area (Å²) in [5, 5.41) is 18.5. The summed E-state index contributed by atoms with van der Waals surface area (Å²) in [4.78, 5) is 2.27. The van der Waals surface area contributed by atoms with Gasteiger partial charge in [-0.25, -0.2) is 0 Å². The second-order valence-corrected chi connectivity index (χ2v) is 4.02. The van der Waals surface area contributed by atoms with E-state index in [-0.39, 0.29) is 25.2 Å². The summed E-state index contributed by atoms with van der Waals surface area (Å²) in [5.74, 6) is -0.0742. The zero-order chi connectivity index (χ0) is 10.7. The van der Waals surface area contributed by atoms with E-state index in [0.717, 1.165) is 13.1 Å². The van der Waals surface area contributed by atoms with Crippen LogP contribution in [0.1, 0.15) is 11.6 Å². The lowest BCUT2D eigenvalue weighted by atomic mass is 9.94. The summed E-state index contributed by atoms with van der Waals surface area (Å²) in [6.07, 6.45) is 0. The van der Waals surface area contributed by atoms with E-state index < -0.39 is 0 Å². The molecule has 0 amide bonds. The molecule has 0 saturated carbocycles. The monoisotopic (exact) mass is 207 g/mol. The van der Waals surface area contributed by atoms with E-state index in [2.05, 4.69) is 17.0 Å². The third kappa shape index (κ3) is 2.37. The highest BCUT2D eigenvalue weighted by molar-refractivity contribution is 5.21. The van der Waals surface area contributed by atoms with Crippen LogP contribution in [-0.4, -0.2) is 41.4 Å². The van der Waals surface area contributed by atoms with Crippen LogP contribution in [0.3, 0.4) is 0 Å². The summed E-state index contributed by atoms with van der Waals surface area (Å²) in [6.45, 7) is 2.20. The number of nitrogens with zero attached hydrogens (tertiary/aromatic N) is 1. The van der Waals surface area contributed by atoms with Crippen molar-refractivity contribution >= 4 is 0 Å². The van der Waals surface area contributed by atoms with E-state index in [1.807, 2.05) is 18.2 Å². The first-order valence-electron chi connectivity index (χ1n) is 5.37. The Morgan fingerprint density at radius 1 is 1.07 bits per heavy atom. The molecular weight excluding hydrogens is 190 g/mol. The number of aliphatic hydroxyl groups is 2. The standard InChI is InChI=1S/C12H17NO2/c14-8-11(9-15)12(13-6-7-13)10-4-2-1-3-5-10/h1-5,11-12,14-15H,6-9H2. The van der Waals surface area contributed by atoms with Crippen LogP contribution in [-0.2, 0) is 0 Å². The van der Waals surface area contributed by atoms with E-state index >= 15 is 0 Å². The number of hydrogen-bond donors (Lipinski definition) is 2. The third-order valence-corrected chi connectivity index (χ3v) is 2.93. The van der Waals surface area contributed by atoms with Gasteiger partial charge in [-0.2, -0.15) is 0 Å². The van der Waals surface area contributed by atoms with Gasteiger partial charge in [-0.3, -0.25) is 4.90 Å². The minimum absolute atomic E-state index is 0.0343. The highest BCUT2D eigenvalue weighted by Crippen LogP contribution is 2.32. The summed E-state index contributed by atoms with van der Waals surface area (Å²) < 4.78 is 0. The lowest BCUT2D eigenvalue weighted by Gasteiger charge is -2.25. The van der Waals surface area contributed by atoms with Crippen molar-refractivity contribution in [2.75, 3.05) is 26.3 Å². The molecule has 3 nitrogen and oxygen atoms in total. The lowest BCUT2D eigenvalue weighted by Crippen LogP contribution is -2.26. The van der Waals surface area contributed by atoms with Crippen molar-refractivity contribution < 1.29 is 10.2 Å². The molecule has 3 heteroatoms. The Hall–Kier alpha value is -0.900. The van der Waals surface area contributed by atoms with Gasteiger partial charge < -0.3 is 10.2 Å². The first kappa shape index (κ1) is 10.6. The van der Waals surface area contributed by atoms with Crippen LogP contribution in [0.4, 0.5) is 0 Å². The lowest BCUT2D eigenvalue weighted by molar-refractivity contribution is 0.1000. The maximum Gasteiger partial charge on any atom is 0.0499 e. The van der Waals surface area contributed by atoms with Crippen LogP contribution in [0.5, 0.6) is 0 Å². The molecule has 0 radical (unpaired) electrons. The molecule has 1 atom stereocenters. The quantitative estimate of drug-likeness (QED) is 0.696. The molecule has 2 rings (SSSR count). The number of aliphatic hydroxyl groups excluding tert-OH is 2. The Labute approximate surface area is 90.0 Å². The molecule has 1 unspecified atom stereocenters. The molecule has 1 fully saturated rings. The molecular formula is C12H17NO2. The van der Waals surface area contributed by atoms with Crippen molar-refractivity contribution in [2.24, 2.45) is 5.92 Å². The van der Waals surface area contributed by atoms with E-state index in [9.17, 15) is 10.2 Å². The third-order valence-electron chi connectivity index (χ3n) is 2.93. The first-order valence-corrected chi connectivity index (χ1v) is 5.37. The molecule has 0 spiro atoms. The topological polar surface area (TPSA) is 43.5 Å². The van der Waals surface area contributed by atoms with Gasteiger partial charge in [0.25, 0.3) is 0 Å². The molecule has 0 aliphatic carbocycles. The van der Waals surface area contributed by atoms with Gasteiger partial charge in [-0.1, -0.05) is 30.3 Å². The average Bonchev–Trinajstić information content (AvgIpc) is 3.11. The minimum atomic E-state index is -0.0742. The molecule has 1 aromatic carbocycles. The molecule has 1 aromatic rings. The summed E-state index contributed by atoms with van der Waals surface area (Å²) >= 11 is 0. The molecule has 2 N–H and O–H groups in total. The van der Waals surface area contributed by atoms with Crippen molar-refractivity contribution in [3.63, 3.8) is 0 Å². The van der Waals surface area contributed by atoms with E-state index in [4.69, 9.17) is 0 Å². The zero-order valence-corrected chi connectivity index (χ0v) is 8.71. The van der Waals surface area contributed by atoms with Crippen molar-refractivity contribution in [1.29, 1.82) is 0 Å². The summed E-state index contributed by atoms with van der Waals surface area (Å²) in [7, 11) is 0. The van der Waals surface area contributed by atoms with Crippen LogP contribution in [0, 0.1) is 5.92 Å². The van der Waals surface area contributed by atoms with Gasteiger partial charge in [0.15, 0.2) is 0 Å². The van der Waals surface area contributed by atoms with E-state index in [1.54, 1.807) is 0 Å². The van der Waals surface area contributed by atoms with Crippen molar-refractivity contribution in [1.82, 2.24) is 4.90 Å². The Morgan fingerprint density at radius 2 is 1.67 bits per heavy atom. The molecule has 1 heterocycles. The Morgan fingerprint density at radius 3 is 2.13 bits per heavy atom. The van der Waals surface area contributed by atoms with Gasteiger partial charge >= 0.3 is 0 Å². The number of rotatable bonds is 5. The van der Waals surface area contributed by atoms with Crippen molar-refractivity contribution in [3.05, 3.63) is 35.9 Å². The van der Waals surface area contributed by atoms with Gasteiger partial charge in [0.1, 0.15) is 0 Å². The van der Waals surface area contributed by atoms with E-state index in [1.165, 1.54) is 5.56 Å². The average molecular weight is 207 g/mol. The molecule has 1 aliphatic heterocycles. The number of hydrogen-bond acceptors (Lipinski definition) is 3. The Balaban J connectivity index is 2.19. The minimum Gasteiger partial charge on any atom is -0.396 e. The fourth-order valence-corrected chi connectivity index (χ4v) is 2.02. The van der Waals surface area contributed by atoms with Gasteiger partial charge in [0.2, 0.25) is 0 Å². The highest BCUT2D eigenvalue weighted by atomic mass is 16.3. The van der Waals surface area contributed by atoms with Crippen LogP contribution in [0.15, 0.2) is 30.3 Å². The van der Waals surface area contributed by atoms with Crippen molar-refractivity contribution in [3.8, 4) is 0 Å². The van der Waals surface area contributed by atoms with Gasteiger partial charge in [0, 0.05) is 38.3 Å². The van der Waals surface area contributed by atoms with Crippen LogP contribution in [0.25, 0.3) is 0 Å². The summed E-state index contributed by atoms with van der Waals surface area (Å²) in [5.41, 5.74) is 1.18. The Kier molecular flexibility index (Phi) is 3.36. The van der Waals surface area contributed by atoms with Gasteiger partial charge in [-0.05, 0) is 5.56 Å². The predicted octanol–water partition coefficient (Wildman–Crippen LogP) is 0.644. The van der Waals surface area contributed by atoms with Gasteiger partial charge in [-0.15, -0.1) is 0 Å². The molecule has 1 aliphatic rings. The maximum absolute atomic E-state index is 9.25. The molecule has 15 heavy (non-hydrogen) atoms. The fraction of sp³-hybridized carbons (Fsp3) is 0.500. The molecule has 82 valence electrons. The van der Waals surface area contributed by atoms with Crippen LogP contribution < -0.4 is 0 Å². The smallest absolute Gasteiger partial charge is 0.0499 e. The second-order valence-electron chi connectivity index (χ2n) is 4.02. The largest absolute Gasteiger partial charge is 0.396 e. The Bertz CT molecular complexity index is 294. The van der Waals surface area contributed by atoms with Gasteiger partial charge in [0.05, 0.1) is 0 Å². The van der Waals surface area contributed by atoms with Crippen molar-refractivity contribution in [2.45, 2.75) is 6.04 Å². The van der Waals surface area contributed by atoms with E-state index in [0.29, 0.717) is 0 Å². The zero-order valence-electron chi connectivity index (χ0n) is 8.71. The van der Waals surface area contributed by atoms with Crippen LogP contribution in [0.2, 0.25) is 0 Å². The summed E-state index contributed by atoms with van der Waals surface area (Å²) in [6, 6.07) is 10.3. The second kappa shape index (κ2) is 4.75. The normalized spacial score (nSPS) is 18.1.